The summed E-state index contributed by atoms with van der Waals surface area (Å²) in [5.41, 5.74) is 0. The number of allylic oxidation sites excluding steroid dienone is 1. The monoisotopic (exact) mass is 170 g/mol. The quantitative estimate of drug-likeness (QED) is 0.494. The van der Waals surface area contributed by atoms with Crippen LogP contribution in [0.1, 0.15) is 19.8 Å². The van der Waals surface area contributed by atoms with Gasteiger partial charge in [0.25, 0.3) is 0 Å². The van der Waals surface area contributed by atoms with Crippen molar-refractivity contribution in [2.24, 2.45) is 5.92 Å². The van der Waals surface area contributed by atoms with Gasteiger partial charge in [-0.3, -0.25) is 4.79 Å². The van der Waals surface area contributed by atoms with Crippen LogP contribution in [0, 0.1) is 5.92 Å². The lowest BCUT2D eigenvalue weighted by atomic mass is 9.93. The summed E-state index contributed by atoms with van der Waals surface area (Å²) in [6.45, 7) is 2.13. The molecule has 0 amide bonds. The fraction of sp³-hybridized carbons (Fsp3) is 0.667. The van der Waals surface area contributed by atoms with Gasteiger partial charge in [-0.25, -0.2) is 0 Å². The van der Waals surface area contributed by atoms with Crippen molar-refractivity contribution >= 4 is 5.97 Å². The van der Waals surface area contributed by atoms with Gasteiger partial charge in [-0.1, -0.05) is 12.2 Å². The van der Waals surface area contributed by atoms with Crippen LogP contribution in [0.5, 0.6) is 0 Å². The molecule has 0 bridgehead atoms. The highest BCUT2D eigenvalue weighted by molar-refractivity contribution is 5.75. The molecule has 0 saturated heterocycles. The van der Waals surface area contributed by atoms with E-state index < -0.39 is 12.0 Å². The lowest BCUT2D eigenvalue weighted by Gasteiger charge is -2.20. The molecule has 68 valence electrons. The molecule has 3 heteroatoms. The van der Waals surface area contributed by atoms with Crippen molar-refractivity contribution in [3.8, 4) is 0 Å². The molecule has 0 aromatic carbocycles. The predicted octanol–water partition coefficient (Wildman–Crippen LogP) is 0.877. The van der Waals surface area contributed by atoms with E-state index in [1.54, 1.807) is 13.0 Å². The molecule has 2 atom stereocenters. The summed E-state index contributed by atoms with van der Waals surface area (Å²) in [7, 11) is 0. The highest BCUT2D eigenvalue weighted by Gasteiger charge is 2.26. The largest absolute Gasteiger partial charge is 0.465 e. The number of hydrogen-bond donors (Lipinski definition) is 1. The molecule has 0 unspecified atom stereocenters. The third kappa shape index (κ3) is 2.08. The smallest absolute Gasteiger partial charge is 0.315 e. The van der Waals surface area contributed by atoms with Gasteiger partial charge in [0, 0.05) is 0 Å². The second kappa shape index (κ2) is 4.26. The van der Waals surface area contributed by atoms with E-state index in [0.29, 0.717) is 13.0 Å². The lowest BCUT2D eigenvalue weighted by molar-refractivity contribution is -0.149. The molecule has 0 saturated carbocycles. The number of carbonyl (C=O) groups is 1. The zero-order valence-electron chi connectivity index (χ0n) is 7.19. The summed E-state index contributed by atoms with van der Waals surface area (Å²) >= 11 is 0. The van der Waals surface area contributed by atoms with Crippen molar-refractivity contribution in [3.63, 3.8) is 0 Å². The van der Waals surface area contributed by atoms with Crippen LogP contribution in [-0.4, -0.2) is 23.8 Å². The Morgan fingerprint density at radius 3 is 3.08 bits per heavy atom. The topological polar surface area (TPSA) is 46.5 Å². The van der Waals surface area contributed by atoms with Crippen LogP contribution in [0.3, 0.4) is 0 Å². The van der Waals surface area contributed by atoms with Gasteiger partial charge in [0.05, 0.1) is 12.7 Å². The van der Waals surface area contributed by atoms with E-state index in [9.17, 15) is 9.90 Å². The van der Waals surface area contributed by atoms with Gasteiger partial charge in [0.15, 0.2) is 0 Å². The maximum atomic E-state index is 11.2. The second-order valence-electron chi connectivity index (χ2n) is 2.85. The first kappa shape index (κ1) is 9.26. The van der Waals surface area contributed by atoms with E-state index in [2.05, 4.69) is 0 Å². The van der Waals surface area contributed by atoms with Gasteiger partial charge in [0.2, 0.25) is 0 Å². The molecule has 1 aliphatic carbocycles. The van der Waals surface area contributed by atoms with Crippen molar-refractivity contribution in [2.45, 2.75) is 25.9 Å². The van der Waals surface area contributed by atoms with Crippen LogP contribution >= 0.6 is 0 Å². The number of rotatable bonds is 2. The first-order chi connectivity index (χ1) is 5.75. The molecule has 0 aromatic heterocycles. The molecular weight excluding hydrogens is 156 g/mol. The molecule has 0 spiro atoms. The Hall–Kier alpha value is -0.830. The molecule has 12 heavy (non-hydrogen) atoms. The van der Waals surface area contributed by atoms with E-state index in [1.165, 1.54) is 0 Å². The number of ether oxygens (including phenoxy) is 1. The Morgan fingerprint density at radius 2 is 2.50 bits per heavy atom. The number of aliphatic hydroxyl groups excluding tert-OH is 1. The van der Waals surface area contributed by atoms with Gasteiger partial charge in [-0.2, -0.15) is 0 Å². The summed E-state index contributed by atoms with van der Waals surface area (Å²) in [4.78, 5) is 11.2. The number of carbonyl (C=O) groups excluding carboxylic acids is 1. The summed E-state index contributed by atoms with van der Waals surface area (Å²) in [6, 6.07) is 0. The first-order valence-electron chi connectivity index (χ1n) is 4.27. The van der Waals surface area contributed by atoms with Gasteiger partial charge in [-0.15, -0.1) is 0 Å². The highest BCUT2D eigenvalue weighted by atomic mass is 16.5. The fourth-order valence-electron chi connectivity index (χ4n) is 1.29. The van der Waals surface area contributed by atoms with Crippen LogP contribution in [0.4, 0.5) is 0 Å². The molecule has 3 nitrogen and oxygen atoms in total. The second-order valence-corrected chi connectivity index (χ2v) is 2.85. The summed E-state index contributed by atoms with van der Waals surface area (Å²) in [5.74, 6) is -0.764. The van der Waals surface area contributed by atoms with E-state index in [1.807, 2.05) is 6.08 Å². The van der Waals surface area contributed by atoms with Crippen LogP contribution < -0.4 is 0 Å². The van der Waals surface area contributed by atoms with Crippen molar-refractivity contribution in [2.75, 3.05) is 6.61 Å². The van der Waals surface area contributed by atoms with Gasteiger partial charge in [-0.05, 0) is 19.8 Å². The number of esters is 1. The Morgan fingerprint density at radius 1 is 1.75 bits per heavy atom. The van der Waals surface area contributed by atoms with E-state index >= 15 is 0 Å². The van der Waals surface area contributed by atoms with Gasteiger partial charge in [0.1, 0.15) is 5.92 Å². The molecule has 0 aliphatic heterocycles. The zero-order valence-corrected chi connectivity index (χ0v) is 7.19. The van der Waals surface area contributed by atoms with Crippen LogP contribution in [0.15, 0.2) is 12.2 Å². The van der Waals surface area contributed by atoms with Gasteiger partial charge < -0.3 is 9.84 Å². The molecule has 0 aromatic rings. The standard InChI is InChI=1S/C9H14O3/c1-2-12-9(11)7-5-3-4-6-8(7)10/h3,5,7-8,10H,2,4,6H2,1H3/t7-,8-/m0/s1. The molecule has 1 aliphatic rings. The van der Waals surface area contributed by atoms with Crippen molar-refractivity contribution in [1.82, 2.24) is 0 Å². The van der Waals surface area contributed by atoms with Crippen molar-refractivity contribution in [1.29, 1.82) is 0 Å². The van der Waals surface area contributed by atoms with E-state index in [4.69, 9.17) is 4.74 Å². The summed E-state index contributed by atoms with van der Waals surface area (Å²) in [5, 5.41) is 9.41. The minimum absolute atomic E-state index is 0.319. The fourth-order valence-corrected chi connectivity index (χ4v) is 1.29. The summed E-state index contributed by atoms with van der Waals surface area (Å²) in [6.07, 6.45) is 4.58. The molecule has 1 rings (SSSR count). The third-order valence-corrected chi connectivity index (χ3v) is 1.95. The molecule has 0 heterocycles. The predicted molar refractivity (Wildman–Crippen MR) is 44.5 cm³/mol. The molecule has 1 N–H and O–H groups in total. The Bertz CT molecular complexity index is 186. The van der Waals surface area contributed by atoms with E-state index in [0.717, 1.165) is 6.42 Å². The molecule has 0 radical (unpaired) electrons. The van der Waals surface area contributed by atoms with Crippen LogP contribution in [-0.2, 0) is 9.53 Å². The van der Waals surface area contributed by atoms with Crippen LogP contribution in [0.2, 0.25) is 0 Å². The maximum absolute atomic E-state index is 11.2. The third-order valence-electron chi connectivity index (χ3n) is 1.95. The van der Waals surface area contributed by atoms with Crippen molar-refractivity contribution < 1.29 is 14.6 Å². The maximum Gasteiger partial charge on any atom is 0.315 e. The van der Waals surface area contributed by atoms with E-state index in [-0.39, 0.29) is 5.97 Å². The van der Waals surface area contributed by atoms with Crippen LogP contribution in [0.25, 0.3) is 0 Å². The average Bonchev–Trinajstić information content (AvgIpc) is 2.05. The van der Waals surface area contributed by atoms with Crippen molar-refractivity contribution in [3.05, 3.63) is 12.2 Å². The normalized spacial score (nSPS) is 28.5. The minimum Gasteiger partial charge on any atom is -0.465 e. The highest BCUT2D eigenvalue weighted by Crippen LogP contribution is 2.18. The minimum atomic E-state index is -0.561. The number of aliphatic hydroxyl groups is 1. The molecular formula is C9H14O3. The number of hydrogen-bond acceptors (Lipinski definition) is 3. The zero-order chi connectivity index (χ0) is 8.97. The average molecular weight is 170 g/mol. The Balaban J connectivity index is 2.53. The Labute approximate surface area is 72.0 Å². The Kier molecular flexibility index (Phi) is 3.29. The van der Waals surface area contributed by atoms with Gasteiger partial charge >= 0.3 is 5.97 Å². The SMILES string of the molecule is CCOC(=O)[C@H]1C=CCC[C@@H]1O. The lowest BCUT2D eigenvalue weighted by Crippen LogP contribution is -2.30. The first-order valence-corrected chi connectivity index (χ1v) is 4.27. The summed E-state index contributed by atoms with van der Waals surface area (Å²) < 4.78 is 4.80. The molecule has 0 fully saturated rings.